The molecule has 1 aliphatic heterocycles. The summed E-state index contributed by atoms with van der Waals surface area (Å²) in [6.45, 7) is 3.75. The maximum atomic E-state index is 11.8. The fourth-order valence-corrected chi connectivity index (χ4v) is 2.71. The zero-order chi connectivity index (χ0) is 14.8. The number of nitrogens with zero attached hydrogens (tertiary/aromatic N) is 1. The van der Waals surface area contributed by atoms with Gasteiger partial charge in [-0.2, -0.15) is 0 Å². The molecule has 4 heteroatoms. The van der Waals surface area contributed by atoms with Crippen molar-refractivity contribution in [1.82, 2.24) is 0 Å². The van der Waals surface area contributed by atoms with Crippen molar-refractivity contribution in [3.8, 4) is 0 Å². The fraction of sp³-hybridized carbons (Fsp3) is 0.235. The van der Waals surface area contributed by atoms with Gasteiger partial charge in [0.25, 0.3) is 0 Å². The first-order chi connectivity index (χ1) is 10.2. The minimum atomic E-state index is 0.0323. The quantitative estimate of drug-likeness (QED) is 0.908. The molecule has 1 aliphatic rings. The number of carbonyl (C=O) groups is 1. The smallest absolute Gasteiger partial charge is 0.243 e. The second-order valence-corrected chi connectivity index (χ2v) is 5.39. The predicted octanol–water partition coefficient (Wildman–Crippen LogP) is 2.41. The Hall–Kier alpha value is -2.33. The van der Waals surface area contributed by atoms with E-state index in [1.807, 2.05) is 24.3 Å². The molecule has 0 aromatic heterocycles. The van der Waals surface area contributed by atoms with Gasteiger partial charge in [0.15, 0.2) is 0 Å². The molecule has 108 valence electrons. The summed E-state index contributed by atoms with van der Waals surface area (Å²) in [5.74, 6) is 0.0323. The van der Waals surface area contributed by atoms with E-state index in [1.165, 1.54) is 11.1 Å². The zero-order valence-electron chi connectivity index (χ0n) is 12.1. The summed E-state index contributed by atoms with van der Waals surface area (Å²) >= 11 is 0. The normalized spacial score (nSPS) is 13.8. The highest BCUT2D eigenvalue weighted by atomic mass is 16.2. The highest BCUT2D eigenvalue weighted by Crippen LogP contribution is 2.30. The Balaban J connectivity index is 1.90. The first-order valence-electron chi connectivity index (χ1n) is 7.09. The Morgan fingerprint density at radius 3 is 2.81 bits per heavy atom. The van der Waals surface area contributed by atoms with Crippen molar-refractivity contribution < 1.29 is 4.79 Å². The molecular weight excluding hydrogens is 262 g/mol. The van der Waals surface area contributed by atoms with Crippen molar-refractivity contribution in [2.24, 2.45) is 5.73 Å². The Labute approximate surface area is 124 Å². The van der Waals surface area contributed by atoms with E-state index in [1.54, 1.807) is 0 Å². The van der Waals surface area contributed by atoms with Crippen LogP contribution in [-0.2, 0) is 17.9 Å². The lowest BCUT2D eigenvalue weighted by molar-refractivity contribution is -0.115. The van der Waals surface area contributed by atoms with Crippen molar-refractivity contribution in [3.05, 3.63) is 59.2 Å². The summed E-state index contributed by atoms with van der Waals surface area (Å²) < 4.78 is 0. The van der Waals surface area contributed by atoms with E-state index >= 15 is 0 Å². The van der Waals surface area contributed by atoms with Gasteiger partial charge in [-0.3, -0.25) is 4.79 Å². The molecular formula is C17H19N3O. The first-order valence-corrected chi connectivity index (χ1v) is 7.09. The van der Waals surface area contributed by atoms with E-state index in [4.69, 9.17) is 5.73 Å². The SMILES string of the molecule is Cc1cc(CN)ccc1CN1CC(=O)Nc2ccccc21. The summed E-state index contributed by atoms with van der Waals surface area (Å²) in [5.41, 5.74) is 11.2. The van der Waals surface area contributed by atoms with E-state index < -0.39 is 0 Å². The number of rotatable bonds is 3. The third-order valence-electron chi connectivity index (χ3n) is 3.86. The maximum Gasteiger partial charge on any atom is 0.243 e. The fourth-order valence-electron chi connectivity index (χ4n) is 2.71. The molecule has 21 heavy (non-hydrogen) atoms. The van der Waals surface area contributed by atoms with Crippen molar-refractivity contribution >= 4 is 17.3 Å². The average molecular weight is 281 g/mol. The number of hydrogen-bond acceptors (Lipinski definition) is 3. The third-order valence-corrected chi connectivity index (χ3v) is 3.86. The van der Waals surface area contributed by atoms with Crippen molar-refractivity contribution in [3.63, 3.8) is 0 Å². The van der Waals surface area contributed by atoms with Crippen LogP contribution in [0.4, 0.5) is 11.4 Å². The second kappa shape index (κ2) is 5.58. The largest absolute Gasteiger partial charge is 0.356 e. The van der Waals surface area contributed by atoms with Crippen LogP contribution in [0.5, 0.6) is 0 Å². The maximum absolute atomic E-state index is 11.8. The molecule has 0 saturated carbocycles. The van der Waals surface area contributed by atoms with Crippen LogP contribution in [0.25, 0.3) is 0 Å². The molecule has 3 rings (SSSR count). The summed E-state index contributed by atoms with van der Waals surface area (Å²) in [6.07, 6.45) is 0. The Morgan fingerprint density at radius 2 is 2.05 bits per heavy atom. The van der Waals surface area contributed by atoms with E-state index in [-0.39, 0.29) is 5.91 Å². The van der Waals surface area contributed by atoms with Crippen LogP contribution in [0.15, 0.2) is 42.5 Å². The lowest BCUT2D eigenvalue weighted by Gasteiger charge is -2.31. The topological polar surface area (TPSA) is 58.4 Å². The number of carbonyl (C=O) groups excluding carboxylic acids is 1. The zero-order valence-corrected chi connectivity index (χ0v) is 12.1. The molecule has 2 aromatic carbocycles. The molecule has 1 amide bonds. The van der Waals surface area contributed by atoms with Gasteiger partial charge in [0.05, 0.1) is 17.9 Å². The average Bonchev–Trinajstić information content (AvgIpc) is 2.49. The van der Waals surface area contributed by atoms with Crippen LogP contribution < -0.4 is 16.0 Å². The minimum absolute atomic E-state index is 0.0323. The van der Waals surface area contributed by atoms with Crippen LogP contribution in [0, 0.1) is 6.92 Å². The Morgan fingerprint density at radius 1 is 1.24 bits per heavy atom. The summed E-state index contributed by atoms with van der Waals surface area (Å²) in [6, 6.07) is 14.2. The number of hydrogen-bond donors (Lipinski definition) is 2. The van der Waals surface area contributed by atoms with E-state index in [2.05, 4.69) is 35.3 Å². The van der Waals surface area contributed by atoms with Crippen LogP contribution in [0.3, 0.4) is 0 Å². The van der Waals surface area contributed by atoms with Crippen molar-refractivity contribution in [1.29, 1.82) is 0 Å². The molecule has 0 unspecified atom stereocenters. The van der Waals surface area contributed by atoms with E-state index in [0.717, 1.165) is 23.5 Å². The highest BCUT2D eigenvalue weighted by Gasteiger charge is 2.21. The van der Waals surface area contributed by atoms with Crippen LogP contribution in [-0.4, -0.2) is 12.5 Å². The predicted molar refractivity (Wildman–Crippen MR) is 85.2 cm³/mol. The molecule has 2 aromatic rings. The third kappa shape index (κ3) is 2.76. The lowest BCUT2D eigenvalue weighted by Crippen LogP contribution is -2.37. The standard InChI is InChI=1S/C17H19N3O/c1-12-8-13(9-18)6-7-14(12)10-20-11-17(21)19-15-4-2-3-5-16(15)20/h2-8H,9-11,18H2,1H3,(H,19,21). The Bertz CT molecular complexity index is 681. The van der Waals surface area contributed by atoms with Crippen LogP contribution in [0.1, 0.15) is 16.7 Å². The molecule has 0 radical (unpaired) electrons. The van der Waals surface area contributed by atoms with E-state index in [0.29, 0.717) is 13.1 Å². The van der Waals surface area contributed by atoms with Crippen molar-refractivity contribution in [2.75, 3.05) is 16.8 Å². The second-order valence-electron chi connectivity index (χ2n) is 5.39. The van der Waals surface area contributed by atoms with Gasteiger partial charge in [-0.05, 0) is 35.7 Å². The number of benzene rings is 2. The van der Waals surface area contributed by atoms with Gasteiger partial charge in [-0.15, -0.1) is 0 Å². The lowest BCUT2D eigenvalue weighted by atomic mass is 10.0. The highest BCUT2D eigenvalue weighted by molar-refractivity contribution is 6.01. The molecule has 4 nitrogen and oxygen atoms in total. The number of para-hydroxylation sites is 2. The Kier molecular flexibility index (Phi) is 3.62. The summed E-state index contributed by atoms with van der Waals surface area (Å²) in [5, 5.41) is 2.91. The van der Waals surface area contributed by atoms with Crippen LogP contribution in [0.2, 0.25) is 0 Å². The monoisotopic (exact) mass is 281 g/mol. The van der Waals surface area contributed by atoms with E-state index in [9.17, 15) is 4.79 Å². The molecule has 1 heterocycles. The molecule has 0 atom stereocenters. The molecule has 0 aliphatic carbocycles. The van der Waals surface area contributed by atoms with Gasteiger partial charge in [-0.25, -0.2) is 0 Å². The summed E-state index contributed by atoms with van der Waals surface area (Å²) in [7, 11) is 0. The van der Waals surface area contributed by atoms with Crippen LogP contribution >= 0.6 is 0 Å². The summed E-state index contributed by atoms with van der Waals surface area (Å²) in [4.78, 5) is 14.0. The molecule has 3 N–H and O–H groups in total. The van der Waals surface area contributed by atoms with Gasteiger partial charge in [0.1, 0.15) is 0 Å². The molecule has 0 spiro atoms. The van der Waals surface area contributed by atoms with Gasteiger partial charge in [0, 0.05) is 13.1 Å². The van der Waals surface area contributed by atoms with Gasteiger partial charge in [-0.1, -0.05) is 30.3 Å². The number of aryl methyl sites for hydroxylation is 1. The number of anilines is 2. The van der Waals surface area contributed by atoms with Crippen molar-refractivity contribution in [2.45, 2.75) is 20.0 Å². The van der Waals surface area contributed by atoms with Gasteiger partial charge >= 0.3 is 0 Å². The first kappa shape index (κ1) is 13.6. The van der Waals surface area contributed by atoms with Gasteiger partial charge < -0.3 is 16.0 Å². The molecule has 0 bridgehead atoms. The molecule has 0 fully saturated rings. The van der Waals surface area contributed by atoms with Gasteiger partial charge in [0.2, 0.25) is 5.91 Å². The number of fused-ring (bicyclic) bond motifs is 1. The molecule has 0 saturated heterocycles. The number of nitrogens with two attached hydrogens (primary N) is 1. The number of amides is 1. The number of nitrogens with one attached hydrogen (secondary N) is 1. The minimum Gasteiger partial charge on any atom is -0.356 e.